The lowest BCUT2D eigenvalue weighted by Gasteiger charge is -2.15. The number of rotatable bonds is 6. The molecule has 1 amide bonds. The molecule has 1 unspecified atom stereocenters. The number of nitrogens with zero attached hydrogens (tertiary/aromatic N) is 2. The highest BCUT2D eigenvalue weighted by Crippen LogP contribution is 2.06. The molecule has 0 aliphatic carbocycles. The third-order valence-corrected chi connectivity index (χ3v) is 2.41. The highest BCUT2D eigenvalue weighted by atomic mass is 35.5. The van der Waals surface area contributed by atoms with Crippen LogP contribution in [0.5, 0.6) is 0 Å². The molecule has 0 saturated heterocycles. The molecule has 1 rings (SSSR count). The lowest BCUT2D eigenvalue weighted by atomic mass is 10.1. The van der Waals surface area contributed by atoms with E-state index in [4.69, 9.17) is 16.7 Å². The van der Waals surface area contributed by atoms with E-state index in [0.29, 0.717) is 6.42 Å². The number of hydrogen-bond donors (Lipinski definition) is 2. The summed E-state index contributed by atoms with van der Waals surface area (Å²) in [7, 11) is 0. The van der Waals surface area contributed by atoms with Crippen LogP contribution in [0.25, 0.3) is 0 Å². The average molecular weight is 272 g/mol. The number of aliphatic carboxylic acids is 1. The van der Waals surface area contributed by atoms with Gasteiger partial charge in [0, 0.05) is 6.04 Å². The van der Waals surface area contributed by atoms with E-state index in [2.05, 4.69) is 15.3 Å². The van der Waals surface area contributed by atoms with Crippen LogP contribution in [0.1, 0.15) is 36.7 Å². The van der Waals surface area contributed by atoms with Crippen LogP contribution in [0, 0.1) is 0 Å². The van der Waals surface area contributed by atoms with Crippen molar-refractivity contribution in [1.82, 2.24) is 15.3 Å². The number of nitrogens with one attached hydrogen (secondary N) is 1. The number of carbonyl (C=O) groups is 2. The van der Waals surface area contributed by atoms with Gasteiger partial charge in [-0.25, -0.2) is 4.98 Å². The van der Waals surface area contributed by atoms with Gasteiger partial charge in [-0.3, -0.25) is 14.6 Å². The van der Waals surface area contributed by atoms with Gasteiger partial charge in [0.2, 0.25) is 0 Å². The van der Waals surface area contributed by atoms with Gasteiger partial charge in [0.05, 0.1) is 18.8 Å². The Morgan fingerprint density at radius 1 is 1.50 bits per heavy atom. The van der Waals surface area contributed by atoms with Gasteiger partial charge in [0.25, 0.3) is 5.91 Å². The van der Waals surface area contributed by atoms with E-state index in [1.54, 1.807) is 0 Å². The Morgan fingerprint density at radius 3 is 2.78 bits per heavy atom. The van der Waals surface area contributed by atoms with Crippen molar-refractivity contribution in [3.8, 4) is 0 Å². The van der Waals surface area contributed by atoms with Gasteiger partial charge in [-0.15, -0.1) is 0 Å². The topological polar surface area (TPSA) is 92.2 Å². The lowest BCUT2D eigenvalue weighted by molar-refractivity contribution is -0.137. The van der Waals surface area contributed by atoms with Gasteiger partial charge in [-0.1, -0.05) is 24.9 Å². The number of hydrogen-bond acceptors (Lipinski definition) is 4. The van der Waals surface area contributed by atoms with Crippen LogP contribution in [0.3, 0.4) is 0 Å². The second-order valence-corrected chi connectivity index (χ2v) is 4.17. The normalized spacial score (nSPS) is 11.9. The van der Waals surface area contributed by atoms with Gasteiger partial charge in [0.1, 0.15) is 10.8 Å². The number of aromatic nitrogens is 2. The minimum atomic E-state index is -0.953. The van der Waals surface area contributed by atoms with E-state index in [-0.39, 0.29) is 17.3 Å². The zero-order chi connectivity index (χ0) is 13.5. The summed E-state index contributed by atoms with van der Waals surface area (Å²) < 4.78 is 0. The van der Waals surface area contributed by atoms with Gasteiger partial charge in [0.15, 0.2) is 0 Å². The molecule has 0 spiro atoms. The maximum atomic E-state index is 11.8. The van der Waals surface area contributed by atoms with E-state index in [1.807, 2.05) is 6.92 Å². The molecule has 1 aromatic heterocycles. The first-order valence-corrected chi connectivity index (χ1v) is 5.91. The van der Waals surface area contributed by atoms with Crippen molar-refractivity contribution in [3.05, 3.63) is 23.2 Å². The van der Waals surface area contributed by atoms with Crippen LogP contribution >= 0.6 is 11.6 Å². The number of carboxylic acid groups (broad SMARTS) is 1. The van der Waals surface area contributed by atoms with Crippen molar-refractivity contribution in [3.63, 3.8) is 0 Å². The van der Waals surface area contributed by atoms with Crippen LogP contribution in [0.2, 0.25) is 5.15 Å². The highest BCUT2D eigenvalue weighted by Gasteiger charge is 2.17. The van der Waals surface area contributed by atoms with Crippen LogP contribution in [-0.4, -0.2) is 33.0 Å². The second-order valence-electron chi connectivity index (χ2n) is 3.78. The van der Waals surface area contributed by atoms with E-state index in [9.17, 15) is 9.59 Å². The number of carbonyl (C=O) groups excluding carboxylic acids is 1. The first-order valence-electron chi connectivity index (χ1n) is 5.53. The smallest absolute Gasteiger partial charge is 0.305 e. The molecule has 0 bridgehead atoms. The molecule has 1 atom stereocenters. The third kappa shape index (κ3) is 4.67. The maximum absolute atomic E-state index is 11.8. The van der Waals surface area contributed by atoms with Crippen molar-refractivity contribution < 1.29 is 14.7 Å². The molecule has 2 N–H and O–H groups in total. The summed E-state index contributed by atoms with van der Waals surface area (Å²) in [6.07, 6.45) is 3.85. The molecule has 0 radical (unpaired) electrons. The minimum Gasteiger partial charge on any atom is -0.481 e. The Kier molecular flexibility index (Phi) is 5.51. The summed E-state index contributed by atoms with van der Waals surface area (Å²) >= 11 is 5.62. The summed E-state index contributed by atoms with van der Waals surface area (Å²) in [5.41, 5.74) is 0.0778. The fourth-order valence-corrected chi connectivity index (χ4v) is 1.64. The lowest BCUT2D eigenvalue weighted by Crippen LogP contribution is -2.36. The molecule has 0 aromatic carbocycles. The van der Waals surface area contributed by atoms with Gasteiger partial charge in [-0.2, -0.15) is 0 Å². The molecular formula is C11H14ClN3O3. The molecule has 0 aliphatic rings. The van der Waals surface area contributed by atoms with Crippen LogP contribution in [0.15, 0.2) is 12.4 Å². The monoisotopic (exact) mass is 271 g/mol. The average Bonchev–Trinajstić information content (AvgIpc) is 2.28. The van der Waals surface area contributed by atoms with Crippen molar-refractivity contribution >= 4 is 23.5 Å². The summed E-state index contributed by atoms with van der Waals surface area (Å²) in [6, 6.07) is -0.416. The second kappa shape index (κ2) is 6.90. The largest absolute Gasteiger partial charge is 0.481 e. The molecule has 7 heteroatoms. The first-order chi connectivity index (χ1) is 8.52. The van der Waals surface area contributed by atoms with Crippen molar-refractivity contribution in [2.45, 2.75) is 32.2 Å². The molecule has 0 fully saturated rings. The fourth-order valence-electron chi connectivity index (χ4n) is 1.50. The Labute approximate surface area is 109 Å². The summed E-state index contributed by atoms with van der Waals surface area (Å²) in [5, 5.41) is 11.5. The maximum Gasteiger partial charge on any atom is 0.305 e. The molecule has 0 saturated carbocycles. The van der Waals surface area contributed by atoms with Crippen molar-refractivity contribution in [2.75, 3.05) is 0 Å². The zero-order valence-electron chi connectivity index (χ0n) is 9.89. The Balaban J connectivity index is 2.68. The van der Waals surface area contributed by atoms with Crippen molar-refractivity contribution in [2.24, 2.45) is 0 Å². The Bertz CT molecular complexity index is 439. The Morgan fingerprint density at radius 2 is 2.22 bits per heavy atom. The van der Waals surface area contributed by atoms with E-state index >= 15 is 0 Å². The highest BCUT2D eigenvalue weighted by molar-refractivity contribution is 6.29. The van der Waals surface area contributed by atoms with E-state index < -0.39 is 17.9 Å². The fraction of sp³-hybridized carbons (Fsp3) is 0.455. The zero-order valence-corrected chi connectivity index (χ0v) is 10.6. The molecule has 0 aliphatic heterocycles. The first kappa shape index (κ1) is 14.4. The molecule has 1 aromatic rings. The summed E-state index contributed by atoms with van der Waals surface area (Å²) in [4.78, 5) is 30.0. The molecule has 18 heavy (non-hydrogen) atoms. The predicted molar refractivity (Wildman–Crippen MR) is 65.5 cm³/mol. The molecular weight excluding hydrogens is 258 g/mol. The van der Waals surface area contributed by atoms with Crippen LogP contribution in [0.4, 0.5) is 0 Å². The van der Waals surface area contributed by atoms with Crippen molar-refractivity contribution in [1.29, 1.82) is 0 Å². The van der Waals surface area contributed by atoms with E-state index in [1.165, 1.54) is 12.4 Å². The summed E-state index contributed by atoms with van der Waals surface area (Å²) in [5.74, 6) is -1.42. The number of amides is 1. The predicted octanol–water partition coefficient (Wildman–Crippen LogP) is 1.50. The standard InChI is InChI=1S/C11H14ClN3O3/c1-2-3-7(4-10(16)17)14-11(18)8-5-13-6-9(12)15-8/h5-7H,2-4H2,1H3,(H,14,18)(H,16,17). The van der Waals surface area contributed by atoms with Crippen LogP contribution < -0.4 is 5.32 Å². The molecule has 98 valence electrons. The molecule has 1 heterocycles. The van der Waals surface area contributed by atoms with Gasteiger partial charge < -0.3 is 10.4 Å². The number of halogens is 1. The Hall–Kier alpha value is -1.69. The SMILES string of the molecule is CCCC(CC(=O)O)NC(=O)c1cncc(Cl)n1. The molecule has 6 nitrogen and oxygen atoms in total. The van der Waals surface area contributed by atoms with Gasteiger partial charge in [-0.05, 0) is 6.42 Å². The minimum absolute atomic E-state index is 0.0778. The summed E-state index contributed by atoms with van der Waals surface area (Å²) in [6.45, 7) is 1.92. The quantitative estimate of drug-likeness (QED) is 0.818. The van der Waals surface area contributed by atoms with Gasteiger partial charge >= 0.3 is 5.97 Å². The van der Waals surface area contributed by atoms with Crippen LogP contribution in [-0.2, 0) is 4.79 Å². The third-order valence-electron chi connectivity index (χ3n) is 2.23. The van der Waals surface area contributed by atoms with E-state index in [0.717, 1.165) is 6.42 Å². The number of carboxylic acids is 1.